The van der Waals surface area contributed by atoms with Crippen LogP contribution < -0.4 is 10.6 Å². The Morgan fingerprint density at radius 1 is 1.07 bits per heavy atom. The molecule has 1 atom stereocenters. The van der Waals surface area contributed by atoms with Crippen LogP contribution in [0.2, 0.25) is 0 Å². The highest BCUT2D eigenvalue weighted by molar-refractivity contribution is 5.95. The van der Waals surface area contributed by atoms with E-state index in [4.69, 9.17) is 0 Å². The number of benzene rings is 2. The van der Waals surface area contributed by atoms with E-state index in [1.54, 1.807) is 19.1 Å². The predicted molar refractivity (Wildman–Crippen MR) is 106 cm³/mol. The fourth-order valence-electron chi connectivity index (χ4n) is 2.65. The van der Waals surface area contributed by atoms with Crippen molar-refractivity contribution in [3.05, 3.63) is 78.0 Å². The lowest BCUT2D eigenvalue weighted by atomic mass is 10.1. The smallest absolute Gasteiger partial charge is 0.271 e. The average molecular weight is 378 g/mol. The molecular weight excluding hydrogens is 356 g/mol. The van der Waals surface area contributed by atoms with E-state index in [0.717, 1.165) is 5.69 Å². The largest absolute Gasteiger partial charge is 0.387 e. The number of aromatic nitrogens is 2. The minimum absolute atomic E-state index is 0.0533. The maximum Gasteiger partial charge on any atom is 0.271 e. The molecule has 28 heavy (non-hydrogen) atoms. The maximum atomic E-state index is 12.5. The summed E-state index contributed by atoms with van der Waals surface area (Å²) in [4.78, 5) is 24.4. The van der Waals surface area contributed by atoms with Crippen LogP contribution in [0.15, 0.2) is 66.7 Å². The Balaban J connectivity index is 1.77. The van der Waals surface area contributed by atoms with Gasteiger partial charge in [0.25, 0.3) is 5.91 Å². The Kier molecular flexibility index (Phi) is 6.18. The second-order valence-corrected chi connectivity index (χ2v) is 6.20. The number of amides is 2. The summed E-state index contributed by atoms with van der Waals surface area (Å²) in [6.45, 7) is 1.80. The Hall–Kier alpha value is -3.45. The molecule has 7 nitrogen and oxygen atoms in total. The molecule has 2 aromatic carbocycles. The van der Waals surface area contributed by atoms with E-state index in [1.165, 1.54) is 10.7 Å². The van der Waals surface area contributed by atoms with Gasteiger partial charge in [-0.2, -0.15) is 5.10 Å². The Morgan fingerprint density at radius 3 is 2.36 bits per heavy atom. The Bertz CT molecular complexity index is 939. The molecule has 3 N–H and O–H groups in total. The van der Waals surface area contributed by atoms with Crippen molar-refractivity contribution in [3.63, 3.8) is 0 Å². The normalized spacial score (nSPS) is 11.6. The molecule has 0 bridgehead atoms. The molecule has 0 aliphatic heterocycles. The van der Waals surface area contributed by atoms with Gasteiger partial charge in [-0.1, -0.05) is 55.5 Å². The molecule has 3 aromatic rings. The Labute approximate surface area is 163 Å². The van der Waals surface area contributed by atoms with E-state index in [1.807, 2.05) is 48.5 Å². The van der Waals surface area contributed by atoms with Gasteiger partial charge < -0.3 is 15.7 Å². The zero-order valence-corrected chi connectivity index (χ0v) is 15.5. The number of hydrogen-bond acceptors (Lipinski definition) is 4. The van der Waals surface area contributed by atoms with Gasteiger partial charge in [-0.15, -0.1) is 0 Å². The SMILES string of the molecule is CCC(=O)Nc1cc(C(=O)NCC(O)c2ccccc2)nn1-c1ccccc1. The first-order valence-electron chi connectivity index (χ1n) is 9.05. The molecule has 1 heterocycles. The van der Waals surface area contributed by atoms with E-state index in [0.29, 0.717) is 17.8 Å². The fraction of sp³-hybridized carbons (Fsp3) is 0.190. The van der Waals surface area contributed by atoms with Crippen LogP contribution in [0.3, 0.4) is 0 Å². The van der Waals surface area contributed by atoms with Crippen molar-refractivity contribution in [1.82, 2.24) is 15.1 Å². The maximum absolute atomic E-state index is 12.5. The van der Waals surface area contributed by atoms with Gasteiger partial charge in [0, 0.05) is 19.0 Å². The molecule has 0 aliphatic rings. The number of hydrogen-bond donors (Lipinski definition) is 3. The van der Waals surface area contributed by atoms with Gasteiger partial charge in [-0.05, 0) is 17.7 Å². The molecule has 3 rings (SSSR count). The van der Waals surface area contributed by atoms with Crippen LogP contribution in [-0.4, -0.2) is 33.2 Å². The first-order chi connectivity index (χ1) is 13.6. The fourth-order valence-corrected chi connectivity index (χ4v) is 2.65. The second-order valence-electron chi connectivity index (χ2n) is 6.20. The van der Waals surface area contributed by atoms with Gasteiger partial charge in [0.1, 0.15) is 5.82 Å². The van der Waals surface area contributed by atoms with Crippen LogP contribution in [0.25, 0.3) is 5.69 Å². The third kappa shape index (κ3) is 4.63. The van der Waals surface area contributed by atoms with E-state index >= 15 is 0 Å². The molecule has 0 aliphatic carbocycles. The number of para-hydroxylation sites is 1. The van der Waals surface area contributed by atoms with Crippen LogP contribution in [0.1, 0.15) is 35.5 Å². The number of aliphatic hydroxyl groups excluding tert-OH is 1. The summed E-state index contributed by atoms with van der Waals surface area (Å²) >= 11 is 0. The highest BCUT2D eigenvalue weighted by Crippen LogP contribution is 2.18. The van der Waals surface area contributed by atoms with Gasteiger partial charge in [0.05, 0.1) is 11.8 Å². The summed E-state index contributed by atoms with van der Waals surface area (Å²) in [7, 11) is 0. The zero-order chi connectivity index (χ0) is 19.9. The number of nitrogens with zero attached hydrogens (tertiary/aromatic N) is 2. The molecule has 0 radical (unpaired) electrons. The molecule has 144 valence electrons. The third-order valence-corrected chi connectivity index (χ3v) is 4.17. The molecule has 1 unspecified atom stereocenters. The number of nitrogens with one attached hydrogen (secondary N) is 2. The quantitative estimate of drug-likeness (QED) is 0.589. The molecule has 1 aromatic heterocycles. The molecule has 0 saturated carbocycles. The lowest BCUT2D eigenvalue weighted by Crippen LogP contribution is -2.28. The topological polar surface area (TPSA) is 96.2 Å². The van der Waals surface area contributed by atoms with Gasteiger partial charge in [-0.25, -0.2) is 4.68 Å². The first-order valence-corrected chi connectivity index (χ1v) is 9.05. The van der Waals surface area contributed by atoms with Crippen molar-refractivity contribution < 1.29 is 14.7 Å². The van der Waals surface area contributed by atoms with Crippen molar-refractivity contribution >= 4 is 17.6 Å². The number of rotatable bonds is 7. The van der Waals surface area contributed by atoms with E-state index in [2.05, 4.69) is 15.7 Å². The number of aliphatic hydroxyl groups is 1. The molecule has 2 amide bonds. The monoisotopic (exact) mass is 378 g/mol. The van der Waals surface area contributed by atoms with E-state index < -0.39 is 12.0 Å². The van der Waals surface area contributed by atoms with Crippen LogP contribution >= 0.6 is 0 Å². The summed E-state index contributed by atoms with van der Waals surface area (Å²) in [5.41, 5.74) is 1.58. The molecule has 0 fully saturated rings. The number of carbonyl (C=O) groups is 2. The standard InChI is InChI=1S/C21H22N4O3/c1-2-20(27)23-19-13-17(24-25(19)16-11-7-4-8-12-16)21(28)22-14-18(26)15-9-5-3-6-10-15/h3-13,18,26H,2,14H2,1H3,(H,22,28)(H,23,27). The summed E-state index contributed by atoms with van der Waals surface area (Å²) in [6, 6.07) is 19.8. The molecule has 7 heteroatoms. The second kappa shape index (κ2) is 8.96. The summed E-state index contributed by atoms with van der Waals surface area (Å²) in [5.74, 6) is -0.202. The van der Waals surface area contributed by atoms with E-state index in [9.17, 15) is 14.7 Å². The van der Waals surface area contributed by atoms with Crippen molar-refractivity contribution in [2.45, 2.75) is 19.4 Å². The van der Waals surface area contributed by atoms with Crippen molar-refractivity contribution in [2.75, 3.05) is 11.9 Å². The van der Waals surface area contributed by atoms with E-state index in [-0.39, 0.29) is 18.1 Å². The van der Waals surface area contributed by atoms with Crippen LogP contribution in [0.4, 0.5) is 5.82 Å². The van der Waals surface area contributed by atoms with Crippen molar-refractivity contribution in [3.8, 4) is 5.69 Å². The highest BCUT2D eigenvalue weighted by atomic mass is 16.3. The van der Waals surface area contributed by atoms with Gasteiger partial charge >= 0.3 is 0 Å². The van der Waals surface area contributed by atoms with Gasteiger partial charge in [0.15, 0.2) is 5.69 Å². The average Bonchev–Trinajstić information content (AvgIpc) is 3.16. The molecular formula is C21H22N4O3. The Morgan fingerprint density at radius 2 is 1.71 bits per heavy atom. The highest BCUT2D eigenvalue weighted by Gasteiger charge is 2.18. The molecule has 0 spiro atoms. The van der Waals surface area contributed by atoms with Crippen molar-refractivity contribution in [1.29, 1.82) is 0 Å². The third-order valence-electron chi connectivity index (χ3n) is 4.17. The summed E-state index contributed by atoms with van der Waals surface area (Å²) in [6.07, 6.45) is -0.509. The summed E-state index contributed by atoms with van der Waals surface area (Å²) in [5, 5.41) is 20.0. The van der Waals surface area contributed by atoms with Crippen LogP contribution in [0.5, 0.6) is 0 Å². The zero-order valence-electron chi connectivity index (χ0n) is 15.5. The predicted octanol–water partition coefficient (Wildman–Crippen LogP) is 2.68. The minimum atomic E-state index is -0.819. The number of anilines is 1. The minimum Gasteiger partial charge on any atom is -0.387 e. The lowest BCUT2D eigenvalue weighted by molar-refractivity contribution is -0.115. The molecule has 0 saturated heterocycles. The van der Waals surface area contributed by atoms with Gasteiger partial charge in [-0.3, -0.25) is 9.59 Å². The lowest BCUT2D eigenvalue weighted by Gasteiger charge is -2.11. The van der Waals surface area contributed by atoms with Crippen LogP contribution in [-0.2, 0) is 4.79 Å². The van der Waals surface area contributed by atoms with Gasteiger partial charge in [0.2, 0.25) is 5.91 Å². The van der Waals surface area contributed by atoms with Crippen LogP contribution in [0, 0.1) is 0 Å². The first kappa shape index (κ1) is 19.3. The number of carbonyl (C=O) groups excluding carboxylic acids is 2. The summed E-state index contributed by atoms with van der Waals surface area (Å²) < 4.78 is 1.51. The van der Waals surface area contributed by atoms with Crippen molar-refractivity contribution in [2.24, 2.45) is 0 Å².